The standard InChI is InChI=1S/C23H30N2O4S/c1-4-30(27,28)24(3)21-11-13-25(14-12-21)23(26)20-9-6-10-22(16-20)29-17-19-8-5-7-18(2)15-19/h5-10,15-16,21H,4,11-14,17H2,1-3H3. The topological polar surface area (TPSA) is 66.9 Å². The van der Waals surface area contributed by atoms with Gasteiger partial charge in [-0.1, -0.05) is 35.9 Å². The maximum atomic E-state index is 12.9. The molecule has 0 aromatic heterocycles. The largest absolute Gasteiger partial charge is 0.489 e. The van der Waals surface area contributed by atoms with Crippen LogP contribution < -0.4 is 4.74 Å². The molecule has 0 saturated carbocycles. The fraction of sp³-hybridized carbons (Fsp3) is 0.435. The van der Waals surface area contributed by atoms with Crippen molar-refractivity contribution in [2.24, 2.45) is 0 Å². The van der Waals surface area contributed by atoms with E-state index in [-0.39, 0.29) is 17.7 Å². The fourth-order valence-corrected chi connectivity index (χ4v) is 4.81. The molecule has 3 rings (SSSR count). The molecule has 162 valence electrons. The maximum absolute atomic E-state index is 12.9. The molecule has 1 fully saturated rings. The van der Waals surface area contributed by atoms with Crippen molar-refractivity contribution in [3.05, 3.63) is 65.2 Å². The van der Waals surface area contributed by atoms with Crippen LogP contribution in [0.3, 0.4) is 0 Å². The van der Waals surface area contributed by atoms with Gasteiger partial charge in [0, 0.05) is 31.7 Å². The van der Waals surface area contributed by atoms with E-state index in [0.29, 0.717) is 43.9 Å². The van der Waals surface area contributed by atoms with E-state index in [1.807, 2.05) is 37.3 Å². The second kappa shape index (κ2) is 9.62. The maximum Gasteiger partial charge on any atom is 0.253 e. The molecule has 2 aromatic carbocycles. The number of sulfonamides is 1. The number of nitrogens with zero attached hydrogens (tertiary/aromatic N) is 2. The highest BCUT2D eigenvalue weighted by Gasteiger charge is 2.30. The van der Waals surface area contributed by atoms with E-state index in [4.69, 9.17) is 4.74 Å². The average molecular weight is 431 g/mol. The number of carbonyl (C=O) groups excluding carboxylic acids is 1. The number of aryl methyl sites for hydroxylation is 1. The smallest absolute Gasteiger partial charge is 0.253 e. The molecule has 1 aliphatic heterocycles. The Morgan fingerprint density at radius 3 is 2.50 bits per heavy atom. The van der Waals surface area contributed by atoms with E-state index < -0.39 is 10.0 Å². The highest BCUT2D eigenvalue weighted by atomic mass is 32.2. The van der Waals surface area contributed by atoms with Gasteiger partial charge >= 0.3 is 0 Å². The van der Waals surface area contributed by atoms with Gasteiger partial charge < -0.3 is 9.64 Å². The SMILES string of the molecule is CCS(=O)(=O)N(C)C1CCN(C(=O)c2cccc(OCc3cccc(C)c3)c2)CC1. The Morgan fingerprint density at radius 1 is 1.13 bits per heavy atom. The Kier molecular flexibility index (Phi) is 7.15. The van der Waals surface area contributed by atoms with Crippen LogP contribution in [0.5, 0.6) is 5.75 Å². The molecule has 1 aliphatic rings. The van der Waals surface area contributed by atoms with Gasteiger partial charge in [0.1, 0.15) is 12.4 Å². The summed E-state index contributed by atoms with van der Waals surface area (Å²) in [5.41, 5.74) is 2.85. The van der Waals surface area contributed by atoms with Crippen molar-refractivity contribution in [3.63, 3.8) is 0 Å². The highest BCUT2D eigenvalue weighted by molar-refractivity contribution is 7.89. The zero-order valence-electron chi connectivity index (χ0n) is 17.9. The third-order valence-electron chi connectivity index (χ3n) is 5.64. The molecule has 6 nitrogen and oxygen atoms in total. The minimum absolute atomic E-state index is 0.0459. The van der Waals surface area contributed by atoms with Crippen LogP contribution in [-0.4, -0.2) is 55.5 Å². The van der Waals surface area contributed by atoms with Crippen molar-refractivity contribution in [2.45, 2.75) is 39.3 Å². The first-order chi connectivity index (χ1) is 14.3. The van der Waals surface area contributed by atoms with Gasteiger partial charge in [0.2, 0.25) is 10.0 Å². The summed E-state index contributed by atoms with van der Waals surface area (Å²) in [5.74, 6) is 0.708. The summed E-state index contributed by atoms with van der Waals surface area (Å²) >= 11 is 0. The molecule has 0 radical (unpaired) electrons. The number of benzene rings is 2. The molecule has 1 saturated heterocycles. The number of ether oxygens (including phenoxy) is 1. The Labute approximate surface area is 179 Å². The van der Waals surface area contributed by atoms with Crippen molar-refractivity contribution < 1.29 is 17.9 Å². The van der Waals surface area contributed by atoms with E-state index in [1.165, 1.54) is 9.87 Å². The number of amides is 1. The third-order valence-corrected chi connectivity index (χ3v) is 7.54. The van der Waals surface area contributed by atoms with Crippen LogP contribution >= 0.6 is 0 Å². The van der Waals surface area contributed by atoms with Crippen molar-refractivity contribution >= 4 is 15.9 Å². The molecule has 0 atom stereocenters. The summed E-state index contributed by atoms with van der Waals surface area (Å²) < 4.78 is 31.5. The van der Waals surface area contributed by atoms with Crippen molar-refractivity contribution in [2.75, 3.05) is 25.9 Å². The molecule has 0 unspecified atom stereocenters. The van der Waals surface area contributed by atoms with Crippen LogP contribution in [0.1, 0.15) is 41.3 Å². The summed E-state index contributed by atoms with van der Waals surface area (Å²) in [6, 6.07) is 15.3. The van der Waals surface area contributed by atoms with Gasteiger partial charge in [0.25, 0.3) is 5.91 Å². The lowest BCUT2D eigenvalue weighted by Gasteiger charge is -2.36. The number of carbonyl (C=O) groups is 1. The first kappa shape index (κ1) is 22.3. The minimum Gasteiger partial charge on any atom is -0.489 e. The van der Waals surface area contributed by atoms with Gasteiger partial charge in [-0.3, -0.25) is 4.79 Å². The molecule has 2 aromatic rings. The quantitative estimate of drug-likeness (QED) is 0.675. The second-order valence-corrected chi connectivity index (χ2v) is 10.1. The molecule has 1 heterocycles. The summed E-state index contributed by atoms with van der Waals surface area (Å²) in [4.78, 5) is 14.7. The summed E-state index contributed by atoms with van der Waals surface area (Å²) in [6.07, 6.45) is 1.29. The van der Waals surface area contributed by atoms with Gasteiger partial charge in [-0.15, -0.1) is 0 Å². The van der Waals surface area contributed by atoms with Crippen LogP contribution in [0.2, 0.25) is 0 Å². The minimum atomic E-state index is -3.21. The molecule has 0 spiro atoms. The van der Waals surface area contributed by atoms with E-state index in [1.54, 1.807) is 31.0 Å². The van der Waals surface area contributed by atoms with Gasteiger partial charge in [0.05, 0.1) is 5.75 Å². The predicted octanol–water partition coefficient (Wildman–Crippen LogP) is 3.46. The van der Waals surface area contributed by atoms with Crippen LogP contribution in [0, 0.1) is 6.92 Å². The molecule has 30 heavy (non-hydrogen) atoms. The van der Waals surface area contributed by atoms with Crippen LogP contribution in [0.25, 0.3) is 0 Å². The zero-order chi connectivity index (χ0) is 21.7. The Bertz CT molecular complexity index is 982. The van der Waals surface area contributed by atoms with Gasteiger partial charge in [-0.25, -0.2) is 12.7 Å². The lowest BCUT2D eigenvalue weighted by atomic mass is 10.0. The van der Waals surface area contributed by atoms with Gasteiger partial charge in [-0.05, 0) is 50.5 Å². The second-order valence-electron chi connectivity index (χ2n) is 7.75. The number of rotatable bonds is 7. The van der Waals surface area contributed by atoms with Crippen molar-refractivity contribution in [1.82, 2.24) is 9.21 Å². The number of hydrogen-bond donors (Lipinski definition) is 0. The zero-order valence-corrected chi connectivity index (χ0v) is 18.7. The monoisotopic (exact) mass is 430 g/mol. The van der Waals surface area contributed by atoms with E-state index >= 15 is 0 Å². The summed E-state index contributed by atoms with van der Waals surface area (Å²) in [6.45, 7) is 5.23. The predicted molar refractivity (Wildman–Crippen MR) is 118 cm³/mol. The van der Waals surface area contributed by atoms with Crippen LogP contribution in [0.15, 0.2) is 48.5 Å². The number of hydrogen-bond acceptors (Lipinski definition) is 4. The lowest BCUT2D eigenvalue weighted by molar-refractivity contribution is 0.0685. The Morgan fingerprint density at radius 2 is 1.83 bits per heavy atom. The van der Waals surface area contributed by atoms with Gasteiger partial charge in [0.15, 0.2) is 0 Å². The summed E-state index contributed by atoms with van der Waals surface area (Å²) in [5, 5.41) is 0. The van der Waals surface area contributed by atoms with Crippen LogP contribution in [-0.2, 0) is 16.6 Å². The molecule has 0 N–H and O–H groups in total. The first-order valence-corrected chi connectivity index (χ1v) is 11.9. The summed E-state index contributed by atoms with van der Waals surface area (Å²) in [7, 11) is -1.58. The van der Waals surface area contributed by atoms with E-state index in [2.05, 4.69) is 6.07 Å². The van der Waals surface area contributed by atoms with Crippen LogP contribution in [0.4, 0.5) is 0 Å². The normalized spacial score (nSPS) is 15.4. The third kappa shape index (κ3) is 5.40. The van der Waals surface area contributed by atoms with Crippen molar-refractivity contribution in [3.8, 4) is 5.75 Å². The molecular weight excluding hydrogens is 400 g/mol. The molecule has 7 heteroatoms. The van der Waals surface area contributed by atoms with Crippen molar-refractivity contribution in [1.29, 1.82) is 0 Å². The molecule has 0 bridgehead atoms. The number of likely N-dealkylation sites (tertiary alicyclic amines) is 1. The van der Waals surface area contributed by atoms with E-state index in [0.717, 1.165) is 5.56 Å². The first-order valence-electron chi connectivity index (χ1n) is 10.3. The molecular formula is C23H30N2O4S. The number of piperidine rings is 1. The Balaban J connectivity index is 1.59. The van der Waals surface area contributed by atoms with Gasteiger partial charge in [-0.2, -0.15) is 0 Å². The molecule has 0 aliphatic carbocycles. The highest BCUT2D eigenvalue weighted by Crippen LogP contribution is 2.22. The lowest BCUT2D eigenvalue weighted by Crippen LogP contribution is -2.47. The average Bonchev–Trinajstić information content (AvgIpc) is 2.77. The van der Waals surface area contributed by atoms with E-state index in [9.17, 15) is 13.2 Å². The fourth-order valence-electron chi connectivity index (χ4n) is 3.73. The Hall–Kier alpha value is -2.38. The molecule has 1 amide bonds.